The largest absolute Gasteiger partial charge is 0.343 e. The Hall–Kier alpha value is -3.24. The summed E-state index contributed by atoms with van der Waals surface area (Å²) >= 11 is 0. The molecule has 3 aromatic carbocycles. The van der Waals surface area contributed by atoms with Gasteiger partial charge in [0, 0.05) is 56.4 Å². The van der Waals surface area contributed by atoms with Crippen LogP contribution in [0.15, 0.2) is 76.7 Å². The molecule has 1 saturated heterocycles. The molecule has 2 heterocycles. The molecule has 1 aromatic heterocycles. The van der Waals surface area contributed by atoms with Crippen molar-refractivity contribution in [2.45, 2.75) is 13.5 Å². The van der Waals surface area contributed by atoms with Gasteiger partial charge < -0.3 is 4.57 Å². The molecule has 0 radical (unpaired) electrons. The van der Waals surface area contributed by atoms with Crippen LogP contribution >= 0.6 is 0 Å². The van der Waals surface area contributed by atoms with Gasteiger partial charge in [0.15, 0.2) is 0 Å². The van der Waals surface area contributed by atoms with Crippen LogP contribution in [0, 0.1) is 5.92 Å². The molecule has 4 aromatic rings. The SMILES string of the molecule is C/N=C(\C/N=C/c1ccc(CN2CC(C)C2)c2ccccc12)c1cc2ccccc2n1C. The number of aryl methyl sites for hydroxylation is 1. The number of fused-ring (bicyclic) bond motifs is 2. The number of rotatable bonds is 6. The normalized spacial score (nSPS) is 15.8. The number of hydrogen-bond donors (Lipinski definition) is 0. The van der Waals surface area contributed by atoms with Gasteiger partial charge in [-0.15, -0.1) is 0 Å². The van der Waals surface area contributed by atoms with Crippen LogP contribution in [-0.4, -0.2) is 48.1 Å². The molecular formula is C28H30N4. The molecule has 0 unspecified atom stereocenters. The molecule has 1 fully saturated rings. The molecule has 0 atom stereocenters. The molecule has 162 valence electrons. The first-order chi connectivity index (χ1) is 15.6. The van der Waals surface area contributed by atoms with Gasteiger partial charge in [0.25, 0.3) is 0 Å². The van der Waals surface area contributed by atoms with Crippen molar-refractivity contribution in [3.05, 3.63) is 83.6 Å². The Morgan fingerprint density at radius 3 is 2.50 bits per heavy atom. The zero-order valence-electron chi connectivity index (χ0n) is 19.1. The van der Waals surface area contributed by atoms with E-state index >= 15 is 0 Å². The van der Waals surface area contributed by atoms with E-state index in [1.165, 1.54) is 40.3 Å². The monoisotopic (exact) mass is 422 g/mol. The van der Waals surface area contributed by atoms with E-state index in [2.05, 4.69) is 95.2 Å². The van der Waals surface area contributed by atoms with Gasteiger partial charge in [0.2, 0.25) is 0 Å². The first-order valence-electron chi connectivity index (χ1n) is 11.4. The molecule has 0 N–H and O–H groups in total. The Morgan fingerprint density at radius 1 is 1.00 bits per heavy atom. The average molecular weight is 423 g/mol. The van der Waals surface area contributed by atoms with E-state index in [-0.39, 0.29) is 0 Å². The van der Waals surface area contributed by atoms with Crippen LogP contribution in [0.3, 0.4) is 0 Å². The van der Waals surface area contributed by atoms with E-state index < -0.39 is 0 Å². The van der Waals surface area contributed by atoms with Crippen molar-refractivity contribution in [3.63, 3.8) is 0 Å². The van der Waals surface area contributed by atoms with Gasteiger partial charge in [-0.25, -0.2) is 0 Å². The van der Waals surface area contributed by atoms with Crippen molar-refractivity contribution >= 4 is 33.6 Å². The molecular weight excluding hydrogens is 392 g/mol. The summed E-state index contributed by atoms with van der Waals surface area (Å²) in [4.78, 5) is 11.9. The zero-order valence-corrected chi connectivity index (χ0v) is 19.1. The third-order valence-electron chi connectivity index (χ3n) is 6.57. The fourth-order valence-electron chi connectivity index (χ4n) is 4.90. The minimum Gasteiger partial charge on any atom is -0.343 e. The fourth-order valence-corrected chi connectivity index (χ4v) is 4.90. The van der Waals surface area contributed by atoms with E-state index in [1.807, 2.05) is 13.3 Å². The highest BCUT2D eigenvalue weighted by Crippen LogP contribution is 2.26. The van der Waals surface area contributed by atoms with Gasteiger partial charge >= 0.3 is 0 Å². The minimum absolute atomic E-state index is 0.558. The van der Waals surface area contributed by atoms with Crippen molar-refractivity contribution in [3.8, 4) is 0 Å². The van der Waals surface area contributed by atoms with Crippen LogP contribution in [0.25, 0.3) is 21.7 Å². The lowest BCUT2D eigenvalue weighted by Crippen LogP contribution is -2.44. The molecule has 4 heteroatoms. The number of likely N-dealkylation sites (tertiary alicyclic amines) is 1. The molecule has 32 heavy (non-hydrogen) atoms. The number of aromatic nitrogens is 1. The third kappa shape index (κ3) is 3.87. The van der Waals surface area contributed by atoms with Crippen molar-refractivity contribution in [2.75, 3.05) is 26.7 Å². The summed E-state index contributed by atoms with van der Waals surface area (Å²) in [5.41, 5.74) is 5.89. The maximum Gasteiger partial charge on any atom is 0.0828 e. The molecule has 0 bridgehead atoms. The lowest BCUT2D eigenvalue weighted by molar-refractivity contribution is 0.105. The first kappa shape index (κ1) is 20.7. The van der Waals surface area contributed by atoms with Gasteiger partial charge in [-0.3, -0.25) is 14.9 Å². The summed E-state index contributed by atoms with van der Waals surface area (Å²) in [6.07, 6.45) is 2.01. The standard InChI is InChI=1S/C28H30N4/c1-20-17-32(18-20)19-23-13-12-22(24-9-5-6-10-25(23)24)15-30-16-26(29-2)28-14-21-8-4-7-11-27(21)31(28)3/h4-15,20H,16-19H2,1-3H3/b29-26+,30-15+. The van der Waals surface area contributed by atoms with Gasteiger partial charge in [-0.1, -0.05) is 61.5 Å². The Labute approximate surface area is 189 Å². The molecule has 0 amide bonds. The molecule has 0 aliphatic carbocycles. The van der Waals surface area contributed by atoms with Crippen molar-refractivity contribution in [1.29, 1.82) is 0 Å². The third-order valence-corrected chi connectivity index (χ3v) is 6.57. The molecule has 0 saturated carbocycles. The van der Waals surface area contributed by atoms with Crippen molar-refractivity contribution in [2.24, 2.45) is 23.0 Å². The van der Waals surface area contributed by atoms with Crippen LogP contribution < -0.4 is 0 Å². The molecule has 1 aliphatic rings. The van der Waals surface area contributed by atoms with Gasteiger partial charge in [0.05, 0.1) is 18.0 Å². The maximum absolute atomic E-state index is 4.80. The smallest absolute Gasteiger partial charge is 0.0828 e. The molecule has 4 nitrogen and oxygen atoms in total. The van der Waals surface area contributed by atoms with Crippen molar-refractivity contribution in [1.82, 2.24) is 9.47 Å². The highest BCUT2D eigenvalue weighted by molar-refractivity contribution is 6.06. The first-order valence-corrected chi connectivity index (χ1v) is 11.4. The van der Waals surface area contributed by atoms with Crippen molar-refractivity contribution < 1.29 is 0 Å². The summed E-state index contributed by atoms with van der Waals surface area (Å²) in [7, 11) is 3.95. The predicted molar refractivity (Wildman–Crippen MR) is 136 cm³/mol. The highest BCUT2D eigenvalue weighted by atomic mass is 15.2. The Kier molecular flexibility index (Phi) is 5.62. The van der Waals surface area contributed by atoms with Gasteiger partial charge in [-0.05, 0) is 34.4 Å². The maximum atomic E-state index is 4.80. The lowest BCUT2D eigenvalue weighted by Gasteiger charge is -2.37. The topological polar surface area (TPSA) is 32.9 Å². The molecule has 1 aliphatic heterocycles. The summed E-state index contributed by atoms with van der Waals surface area (Å²) in [6, 6.07) is 23.8. The number of nitrogens with zero attached hydrogens (tertiary/aromatic N) is 4. The van der Waals surface area contributed by atoms with Crippen LogP contribution in [0.2, 0.25) is 0 Å². The summed E-state index contributed by atoms with van der Waals surface area (Å²) < 4.78 is 2.20. The Bertz CT molecular complexity index is 1320. The van der Waals surface area contributed by atoms with Crippen LogP contribution in [0.1, 0.15) is 23.7 Å². The quantitative estimate of drug-likeness (QED) is 0.387. The van der Waals surface area contributed by atoms with Crippen LogP contribution in [0.4, 0.5) is 0 Å². The summed E-state index contributed by atoms with van der Waals surface area (Å²) in [5.74, 6) is 0.823. The van der Waals surface area contributed by atoms with E-state index in [4.69, 9.17) is 4.99 Å². The minimum atomic E-state index is 0.558. The second-order valence-electron chi connectivity index (χ2n) is 8.95. The number of hydrogen-bond acceptors (Lipinski definition) is 3. The summed E-state index contributed by atoms with van der Waals surface area (Å²) in [6.45, 7) is 6.30. The predicted octanol–water partition coefficient (Wildman–Crippen LogP) is 5.32. The van der Waals surface area contributed by atoms with E-state index in [1.54, 1.807) is 0 Å². The average Bonchev–Trinajstić information content (AvgIpc) is 3.13. The van der Waals surface area contributed by atoms with Crippen LogP contribution in [0.5, 0.6) is 0 Å². The summed E-state index contributed by atoms with van der Waals surface area (Å²) in [5, 5.41) is 3.82. The highest BCUT2D eigenvalue weighted by Gasteiger charge is 2.22. The zero-order chi connectivity index (χ0) is 22.1. The number of aliphatic imine (C=N–C) groups is 2. The lowest BCUT2D eigenvalue weighted by atomic mass is 9.97. The van der Waals surface area contributed by atoms with E-state index in [0.717, 1.165) is 29.4 Å². The Morgan fingerprint density at radius 2 is 1.75 bits per heavy atom. The molecule has 5 rings (SSSR count). The van der Waals surface area contributed by atoms with Gasteiger partial charge in [-0.2, -0.15) is 0 Å². The number of benzene rings is 3. The van der Waals surface area contributed by atoms with E-state index in [9.17, 15) is 0 Å². The second kappa shape index (κ2) is 8.71. The van der Waals surface area contributed by atoms with Gasteiger partial charge in [0.1, 0.15) is 0 Å². The fraction of sp³-hybridized carbons (Fsp3) is 0.286. The number of para-hydroxylation sites is 1. The molecule has 0 spiro atoms. The second-order valence-corrected chi connectivity index (χ2v) is 8.95. The van der Waals surface area contributed by atoms with Crippen LogP contribution in [-0.2, 0) is 13.6 Å². The Balaban J connectivity index is 1.39. The van der Waals surface area contributed by atoms with E-state index in [0.29, 0.717) is 6.54 Å².